The van der Waals surface area contributed by atoms with Gasteiger partial charge in [0.2, 0.25) is 0 Å². The Morgan fingerprint density at radius 2 is 1.95 bits per heavy atom. The number of carbonyl (C=O) groups excluding carboxylic acids is 1. The largest absolute Gasteiger partial charge is 0.465 e. The van der Waals surface area contributed by atoms with Crippen LogP contribution in [0.1, 0.15) is 23.6 Å². The molecule has 0 radical (unpaired) electrons. The highest BCUT2D eigenvalue weighted by molar-refractivity contribution is 5.71. The first-order valence-corrected chi connectivity index (χ1v) is 6.61. The summed E-state index contributed by atoms with van der Waals surface area (Å²) in [6.45, 7) is 11.8. The van der Waals surface area contributed by atoms with E-state index >= 15 is 0 Å². The number of benzene rings is 1. The van der Waals surface area contributed by atoms with E-state index in [-0.39, 0.29) is 5.97 Å². The molecule has 0 aliphatic carbocycles. The first-order valence-electron chi connectivity index (χ1n) is 6.61. The molecule has 0 unspecified atom stereocenters. The molecule has 3 heteroatoms. The third-order valence-corrected chi connectivity index (χ3v) is 2.73. The zero-order valence-electron chi connectivity index (χ0n) is 12.1. The van der Waals surface area contributed by atoms with Crippen molar-refractivity contribution >= 4 is 5.97 Å². The number of ether oxygens (including phenoxy) is 1. The molecule has 0 heterocycles. The Labute approximate surface area is 115 Å². The van der Waals surface area contributed by atoms with Crippen LogP contribution in [0.5, 0.6) is 0 Å². The maximum absolute atomic E-state index is 11.6. The van der Waals surface area contributed by atoms with E-state index < -0.39 is 0 Å². The van der Waals surface area contributed by atoms with Crippen molar-refractivity contribution < 1.29 is 9.53 Å². The van der Waals surface area contributed by atoms with Gasteiger partial charge in [-0.2, -0.15) is 0 Å². The number of carbonyl (C=O) groups is 1. The number of rotatable bonds is 7. The van der Waals surface area contributed by atoms with Crippen molar-refractivity contribution in [2.75, 3.05) is 19.7 Å². The SMILES string of the molecule is C=CCN(CC(=O)OCC)Cc1cc(C)cc(C)c1. The Hall–Kier alpha value is -1.61. The molecule has 0 aliphatic heterocycles. The fraction of sp³-hybridized carbons (Fsp3) is 0.438. The van der Waals surface area contributed by atoms with E-state index in [4.69, 9.17) is 4.74 Å². The second kappa shape index (κ2) is 7.74. The lowest BCUT2D eigenvalue weighted by Crippen LogP contribution is -2.30. The first kappa shape index (κ1) is 15.4. The van der Waals surface area contributed by atoms with Gasteiger partial charge in [-0.05, 0) is 26.3 Å². The van der Waals surface area contributed by atoms with Gasteiger partial charge < -0.3 is 4.74 Å². The molecule has 0 aromatic heterocycles. The Balaban J connectivity index is 2.71. The van der Waals surface area contributed by atoms with E-state index in [1.165, 1.54) is 16.7 Å². The molecule has 0 saturated carbocycles. The third-order valence-electron chi connectivity index (χ3n) is 2.73. The van der Waals surface area contributed by atoms with Crippen molar-refractivity contribution in [3.8, 4) is 0 Å². The number of nitrogens with zero attached hydrogens (tertiary/aromatic N) is 1. The van der Waals surface area contributed by atoms with Crippen LogP contribution in [0.4, 0.5) is 0 Å². The van der Waals surface area contributed by atoms with Gasteiger partial charge in [0.05, 0.1) is 13.2 Å². The quantitative estimate of drug-likeness (QED) is 0.558. The summed E-state index contributed by atoms with van der Waals surface area (Å²) in [6.07, 6.45) is 1.81. The third kappa shape index (κ3) is 5.71. The lowest BCUT2D eigenvalue weighted by atomic mass is 10.1. The molecule has 0 saturated heterocycles. The van der Waals surface area contributed by atoms with Crippen LogP contribution in [-0.4, -0.2) is 30.6 Å². The van der Waals surface area contributed by atoms with Gasteiger partial charge in [0, 0.05) is 13.1 Å². The molecule has 0 N–H and O–H groups in total. The van der Waals surface area contributed by atoms with Crippen LogP contribution in [0.3, 0.4) is 0 Å². The van der Waals surface area contributed by atoms with Gasteiger partial charge in [-0.3, -0.25) is 9.69 Å². The highest BCUT2D eigenvalue weighted by atomic mass is 16.5. The molecular formula is C16H23NO2. The number of hydrogen-bond acceptors (Lipinski definition) is 3. The molecule has 0 fully saturated rings. The molecule has 0 atom stereocenters. The van der Waals surface area contributed by atoms with Crippen LogP contribution in [0.25, 0.3) is 0 Å². The molecule has 19 heavy (non-hydrogen) atoms. The van der Waals surface area contributed by atoms with Gasteiger partial charge in [0.25, 0.3) is 0 Å². The summed E-state index contributed by atoms with van der Waals surface area (Å²) in [7, 11) is 0. The molecular weight excluding hydrogens is 238 g/mol. The van der Waals surface area contributed by atoms with Crippen molar-refractivity contribution in [3.05, 3.63) is 47.5 Å². The molecule has 0 spiro atoms. The maximum Gasteiger partial charge on any atom is 0.320 e. The van der Waals surface area contributed by atoms with Crippen molar-refractivity contribution in [2.24, 2.45) is 0 Å². The normalized spacial score (nSPS) is 10.5. The molecule has 1 aromatic carbocycles. The summed E-state index contributed by atoms with van der Waals surface area (Å²) >= 11 is 0. The van der Waals surface area contributed by atoms with Crippen LogP contribution in [-0.2, 0) is 16.1 Å². The predicted molar refractivity (Wildman–Crippen MR) is 78.0 cm³/mol. The van der Waals surface area contributed by atoms with Crippen LogP contribution in [0, 0.1) is 13.8 Å². The minimum absolute atomic E-state index is 0.186. The van der Waals surface area contributed by atoms with Crippen LogP contribution < -0.4 is 0 Å². The molecule has 1 rings (SSSR count). The van der Waals surface area contributed by atoms with E-state index in [0.29, 0.717) is 19.7 Å². The van der Waals surface area contributed by atoms with E-state index in [1.54, 1.807) is 0 Å². The van der Waals surface area contributed by atoms with Gasteiger partial charge in [0.15, 0.2) is 0 Å². The topological polar surface area (TPSA) is 29.5 Å². The summed E-state index contributed by atoms with van der Waals surface area (Å²) < 4.78 is 4.99. The summed E-state index contributed by atoms with van der Waals surface area (Å²) in [4.78, 5) is 13.6. The van der Waals surface area contributed by atoms with E-state index in [9.17, 15) is 4.79 Å². The Morgan fingerprint density at radius 3 is 2.47 bits per heavy atom. The lowest BCUT2D eigenvalue weighted by molar-refractivity contribution is -0.144. The first-order chi connectivity index (χ1) is 9.05. The number of aryl methyl sites for hydroxylation is 2. The Kier molecular flexibility index (Phi) is 6.30. The van der Waals surface area contributed by atoms with Gasteiger partial charge in [-0.15, -0.1) is 6.58 Å². The predicted octanol–water partition coefficient (Wildman–Crippen LogP) is 2.85. The van der Waals surface area contributed by atoms with Gasteiger partial charge in [0.1, 0.15) is 0 Å². The molecule has 0 bridgehead atoms. The molecule has 0 aliphatic rings. The highest BCUT2D eigenvalue weighted by Crippen LogP contribution is 2.11. The minimum atomic E-state index is -0.186. The van der Waals surface area contributed by atoms with Crippen molar-refractivity contribution in [1.29, 1.82) is 0 Å². The maximum atomic E-state index is 11.6. The second-order valence-electron chi connectivity index (χ2n) is 4.76. The standard InChI is InChI=1S/C16H23NO2/c1-5-7-17(12-16(18)19-6-2)11-15-9-13(3)8-14(4)10-15/h5,8-10H,1,6-7,11-12H2,2-4H3. The smallest absolute Gasteiger partial charge is 0.320 e. The number of esters is 1. The summed E-state index contributed by atoms with van der Waals surface area (Å²) in [5, 5.41) is 0. The Bertz CT molecular complexity index is 420. The molecule has 3 nitrogen and oxygen atoms in total. The van der Waals surface area contributed by atoms with Gasteiger partial charge >= 0.3 is 5.97 Å². The van der Waals surface area contributed by atoms with Gasteiger partial charge in [-0.25, -0.2) is 0 Å². The van der Waals surface area contributed by atoms with Crippen LogP contribution in [0.2, 0.25) is 0 Å². The summed E-state index contributed by atoms with van der Waals surface area (Å²) in [5.74, 6) is -0.186. The summed E-state index contributed by atoms with van der Waals surface area (Å²) in [6, 6.07) is 6.44. The number of hydrogen-bond donors (Lipinski definition) is 0. The molecule has 104 valence electrons. The van der Waals surface area contributed by atoms with Crippen molar-refractivity contribution in [3.63, 3.8) is 0 Å². The van der Waals surface area contributed by atoms with Crippen LogP contribution in [0.15, 0.2) is 30.9 Å². The van der Waals surface area contributed by atoms with Crippen molar-refractivity contribution in [2.45, 2.75) is 27.3 Å². The summed E-state index contributed by atoms with van der Waals surface area (Å²) in [5.41, 5.74) is 3.69. The minimum Gasteiger partial charge on any atom is -0.465 e. The highest BCUT2D eigenvalue weighted by Gasteiger charge is 2.11. The zero-order chi connectivity index (χ0) is 14.3. The lowest BCUT2D eigenvalue weighted by Gasteiger charge is -2.20. The fourth-order valence-corrected chi connectivity index (χ4v) is 2.18. The van der Waals surface area contributed by atoms with Crippen molar-refractivity contribution in [1.82, 2.24) is 4.90 Å². The monoisotopic (exact) mass is 261 g/mol. The van der Waals surface area contributed by atoms with E-state index in [0.717, 1.165) is 6.54 Å². The van der Waals surface area contributed by atoms with Gasteiger partial charge in [-0.1, -0.05) is 35.4 Å². The van der Waals surface area contributed by atoms with E-state index in [1.807, 2.05) is 17.9 Å². The second-order valence-corrected chi connectivity index (χ2v) is 4.76. The Morgan fingerprint density at radius 1 is 1.32 bits per heavy atom. The van der Waals surface area contributed by atoms with E-state index in [2.05, 4.69) is 38.6 Å². The molecule has 1 aromatic rings. The molecule has 0 amide bonds. The zero-order valence-corrected chi connectivity index (χ0v) is 12.1. The fourth-order valence-electron chi connectivity index (χ4n) is 2.18. The van der Waals surface area contributed by atoms with Crippen LogP contribution >= 0.6 is 0 Å². The average molecular weight is 261 g/mol. The average Bonchev–Trinajstić information content (AvgIpc) is 2.27.